The Kier molecular flexibility index (Phi) is 3.56. The van der Waals surface area contributed by atoms with Crippen LogP contribution < -0.4 is 0 Å². The minimum absolute atomic E-state index is 0.156. The molecule has 0 bridgehead atoms. The van der Waals surface area contributed by atoms with E-state index in [-0.39, 0.29) is 5.41 Å². The Labute approximate surface area is 143 Å². The fraction of sp³-hybridized carbons (Fsp3) is 0.400. The maximum atomic E-state index is 2.46. The minimum atomic E-state index is 0.156. The summed E-state index contributed by atoms with van der Waals surface area (Å²) in [4.78, 5) is 0. The van der Waals surface area contributed by atoms with E-state index in [1.807, 2.05) is 0 Å². The van der Waals surface area contributed by atoms with Gasteiger partial charge in [-0.15, -0.1) is 0 Å². The Morgan fingerprint density at radius 2 is 1.57 bits per heavy atom. The van der Waals surface area contributed by atoms with Crippen LogP contribution in [0.4, 0.5) is 0 Å². The summed E-state index contributed by atoms with van der Waals surface area (Å²) in [5.74, 6) is 0.531. The van der Waals surface area contributed by atoms with Gasteiger partial charge in [0.25, 0.3) is 0 Å². The van der Waals surface area contributed by atoms with Gasteiger partial charge in [-0.25, -0.2) is 0 Å². The molecule has 0 saturated heterocycles. The fourth-order valence-electron chi connectivity index (χ4n) is 4.39. The third-order valence-corrected chi connectivity index (χ3v) is 9.10. The SMILES string of the molecule is CC1=C(C)C(C)(C2=C(C)c3ccccc3C2C)[C]([Hf])=C1C. The van der Waals surface area contributed by atoms with Crippen molar-refractivity contribution in [2.45, 2.75) is 47.5 Å². The molecule has 0 spiro atoms. The molecule has 3 rings (SSSR count). The fourth-order valence-corrected chi connectivity index (χ4v) is 6.22. The molecule has 21 heavy (non-hydrogen) atoms. The summed E-state index contributed by atoms with van der Waals surface area (Å²) in [5, 5.41) is 0. The summed E-state index contributed by atoms with van der Waals surface area (Å²) in [6, 6.07) is 8.95. The summed E-state index contributed by atoms with van der Waals surface area (Å²) in [5.41, 5.74) is 10.9. The van der Waals surface area contributed by atoms with Crippen LogP contribution >= 0.6 is 0 Å². The molecular weight excluding hydrogens is 419 g/mol. The van der Waals surface area contributed by atoms with Crippen LogP contribution in [0.5, 0.6) is 0 Å². The predicted octanol–water partition coefficient (Wildman–Crippen LogP) is 5.75. The average molecular weight is 442 g/mol. The molecular formula is C20H23Hf. The van der Waals surface area contributed by atoms with Gasteiger partial charge >= 0.3 is 144 Å². The Bertz CT molecular complexity index is 704. The molecule has 0 aromatic heterocycles. The van der Waals surface area contributed by atoms with Gasteiger partial charge in [0.1, 0.15) is 0 Å². The van der Waals surface area contributed by atoms with Crippen LogP contribution in [-0.2, 0) is 24.4 Å². The van der Waals surface area contributed by atoms with E-state index in [1.54, 1.807) is 20.0 Å². The van der Waals surface area contributed by atoms with Crippen LogP contribution in [0.3, 0.4) is 0 Å². The van der Waals surface area contributed by atoms with Gasteiger partial charge in [-0.3, -0.25) is 0 Å². The normalized spacial score (nSPS) is 28.7. The van der Waals surface area contributed by atoms with Gasteiger partial charge in [-0.2, -0.15) is 0 Å². The Morgan fingerprint density at radius 1 is 0.952 bits per heavy atom. The molecule has 2 atom stereocenters. The first-order chi connectivity index (χ1) is 9.81. The summed E-state index contributed by atoms with van der Waals surface area (Å²) < 4.78 is 1.67. The zero-order valence-corrected chi connectivity index (χ0v) is 17.5. The number of allylic oxidation sites excluding steroid dienone is 6. The van der Waals surface area contributed by atoms with E-state index in [9.17, 15) is 0 Å². The zero-order chi connectivity index (χ0) is 15.5. The van der Waals surface area contributed by atoms with E-state index in [0.717, 1.165) is 24.4 Å². The predicted molar refractivity (Wildman–Crippen MR) is 86.6 cm³/mol. The van der Waals surface area contributed by atoms with E-state index in [1.165, 1.54) is 22.3 Å². The van der Waals surface area contributed by atoms with E-state index in [4.69, 9.17) is 0 Å². The molecule has 0 aliphatic heterocycles. The Balaban J connectivity index is 2.26. The molecule has 0 radical (unpaired) electrons. The third-order valence-electron chi connectivity index (χ3n) is 5.96. The summed E-state index contributed by atoms with van der Waals surface area (Å²) in [6.07, 6.45) is 0. The second-order valence-corrected chi connectivity index (χ2v) is 8.52. The molecule has 107 valence electrons. The topological polar surface area (TPSA) is 0 Å². The molecule has 0 nitrogen and oxygen atoms in total. The number of hydrogen-bond acceptors (Lipinski definition) is 0. The van der Waals surface area contributed by atoms with Crippen molar-refractivity contribution >= 4 is 5.57 Å². The standard InChI is InChI=1S/C20H23.Hf/c1-12-11-20(6,16(5)13(12)2)19-14(3)17-9-7-8-10-18(17)15(19)4;/h7-10,14H,1-6H3;. The quantitative estimate of drug-likeness (QED) is 0.486. The van der Waals surface area contributed by atoms with Gasteiger partial charge in [0, 0.05) is 0 Å². The summed E-state index contributed by atoms with van der Waals surface area (Å²) >= 11 is 1.14. The van der Waals surface area contributed by atoms with Gasteiger partial charge < -0.3 is 0 Å². The van der Waals surface area contributed by atoms with Gasteiger partial charge in [0.05, 0.1) is 0 Å². The molecule has 1 aromatic rings. The second-order valence-electron chi connectivity index (χ2n) is 6.72. The molecule has 1 aromatic carbocycles. The van der Waals surface area contributed by atoms with Crippen LogP contribution in [0, 0.1) is 5.41 Å². The first kappa shape index (κ1) is 15.2. The van der Waals surface area contributed by atoms with Crippen molar-refractivity contribution in [1.82, 2.24) is 0 Å². The maximum absolute atomic E-state index is 2.46. The van der Waals surface area contributed by atoms with Crippen molar-refractivity contribution in [3.05, 3.63) is 61.0 Å². The summed E-state index contributed by atoms with van der Waals surface area (Å²) in [7, 11) is 0. The molecule has 0 N–H and O–H groups in total. The van der Waals surface area contributed by atoms with Crippen LogP contribution in [0.25, 0.3) is 5.57 Å². The Hall–Kier alpha value is -0.690. The van der Waals surface area contributed by atoms with E-state index >= 15 is 0 Å². The van der Waals surface area contributed by atoms with Crippen molar-refractivity contribution < 1.29 is 24.4 Å². The van der Waals surface area contributed by atoms with Gasteiger partial charge in [-0.1, -0.05) is 0 Å². The van der Waals surface area contributed by atoms with Crippen LogP contribution in [0.15, 0.2) is 49.9 Å². The van der Waals surface area contributed by atoms with E-state index in [0.29, 0.717) is 5.92 Å². The number of fused-ring (bicyclic) bond motifs is 1. The molecule has 1 heteroatoms. The third kappa shape index (κ3) is 1.82. The molecule has 0 saturated carbocycles. The van der Waals surface area contributed by atoms with E-state index in [2.05, 4.69) is 65.8 Å². The van der Waals surface area contributed by atoms with Gasteiger partial charge in [0.15, 0.2) is 0 Å². The molecule has 0 amide bonds. The Morgan fingerprint density at radius 3 is 2.10 bits per heavy atom. The van der Waals surface area contributed by atoms with E-state index < -0.39 is 0 Å². The van der Waals surface area contributed by atoms with Crippen molar-refractivity contribution in [2.75, 3.05) is 0 Å². The molecule has 2 unspecified atom stereocenters. The first-order valence-corrected chi connectivity index (χ1v) is 9.53. The number of hydrogen-bond donors (Lipinski definition) is 0. The molecule has 0 heterocycles. The van der Waals surface area contributed by atoms with Gasteiger partial charge in [-0.05, 0) is 0 Å². The second kappa shape index (κ2) is 4.91. The van der Waals surface area contributed by atoms with Crippen LogP contribution in [-0.4, -0.2) is 0 Å². The molecule has 2 aliphatic carbocycles. The molecule has 0 fully saturated rings. The van der Waals surface area contributed by atoms with Crippen molar-refractivity contribution in [3.8, 4) is 0 Å². The zero-order valence-electron chi connectivity index (χ0n) is 13.9. The molecule has 2 aliphatic rings. The van der Waals surface area contributed by atoms with Crippen LogP contribution in [0.1, 0.15) is 58.6 Å². The van der Waals surface area contributed by atoms with Crippen molar-refractivity contribution in [1.29, 1.82) is 0 Å². The van der Waals surface area contributed by atoms with Crippen molar-refractivity contribution in [3.63, 3.8) is 0 Å². The van der Waals surface area contributed by atoms with Gasteiger partial charge in [0.2, 0.25) is 0 Å². The number of rotatable bonds is 1. The average Bonchev–Trinajstić information content (AvgIpc) is 2.82. The van der Waals surface area contributed by atoms with Crippen LogP contribution in [0.2, 0.25) is 0 Å². The first-order valence-electron chi connectivity index (χ1n) is 7.73. The number of benzene rings is 1. The summed E-state index contributed by atoms with van der Waals surface area (Å²) in [6.45, 7) is 14.1. The monoisotopic (exact) mass is 443 g/mol. The van der Waals surface area contributed by atoms with Crippen molar-refractivity contribution in [2.24, 2.45) is 5.41 Å².